The van der Waals surface area contributed by atoms with E-state index in [0.29, 0.717) is 9.79 Å². The van der Waals surface area contributed by atoms with Crippen molar-refractivity contribution in [1.29, 1.82) is 0 Å². The molecule has 0 aliphatic rings. The van der Waals surface area contributed by atoms with Gasteiger partial charge in [-0.05, 0) is 46.4 Å². The molecule has 0 aliphatic heterocycles. The third-order valence-electron chi connectivity index (χ3n) is 1.87. The smallest absolute Gasteiger partial charge is 0.0248 e. The van der Waals surface area contributed by atoms with Crippen LogP contribution in [0.1, 0.15) is 0 Å². The Hall–Kier alpha value is -0.861. The minimum atomic E-state index is -2.08. The van der Waals surface area contributed by atoms with Crippen LogP contribution in [0.15, 0.2) is 70.5 Å². The summed E-state index contributed by atoms with van der Waals surface area (Å²) in [5.41, 5.74) is 0. The largest absolute Gasteiger partial charge is 0.768 e. The second-order valence-electron chi connectivity index (χ2n) is 3.10. The van der Waals surface area contributed by atoms with Gasteiger partial charge in [0.2, 0.25) is 0 Å². The summed E-state index contributed by atoms with van der Waals surface area (Å²) >= 11 is -4.16. The van der Waals surface area contributed by atoms with Crippen LogP contribution in [-0.2, 0) is 39.2 Å². The molecular formula is C12H12CuO5S2-2. The molecule has 0 bridgehead atoms. The fourth-order valence-corrected chi connectivity index (χ4v) is 1.82. The van der Waals surface area contributed by atoms with E-state index in [2.05, 4.69) is 0 Å². The van der Waals surface area contributed by atoms with Crippen molar-refractivity contribution in [2.75, 3.05) is 0 Å². The molecular weight excluding hydrogens is 352 g/mol. The van der Waals surface area contributed by atoms with Crippen molar-refractivity contribution in [2.45, 2.75) is 9.79 Å². The molecule has 2 atom stereocenters. The van der Waals surface area contributed by atoms with Gasteiger partial charge >= 0.3 is 0 Å². The Balaban J connectivity index is 0. The number of benzene rings is 2. The van der Waals surface area contributed by atoms with Crippen molar-refractivity contribution in [3.63, 3.8) is 0 Å². The first-order valence-electron chi connectivity index (χ1n) is 4.90. The number of hydrogen-bond donors (Lipinski definition) is 0. The van der Waals surface area contributed by atoms with E-state index in [1.54, 1.807) is 60.7 Å². The summed E-state index contributed by atoms with van der Waals surface area (Å²) in [6.45, 7) is 0. The molecule has 2 N–H and O–H groups in total. The quantitative estimate of drug-likeness (QED) is 0.585. The molecule has 0 saturated carbocycles. The minimum Gasteiger partial charge on any atom is -0.768 e. The predicted octanol–water partition coefficient (Wildman–Crippen LogP) is 1.02. The van der Waals surface area contributed by atoms with Crippen LogP contribution in [0.4, 0.5) is 0 Å². The Kier molecular flexibility index (Phi) is 12.8. The standard InChI is InChI=1S/2C6H6O2S.Cu.H2O/c2*7-9(8)6-4-2-1-3-5-6;;/h2*1-5H,(H,7,8);;1H2/p-2. The molecule has 0 aromatic heterocycles. The summed E-state index contributed by atoms with van der Waals surface area (Å²) < 4.78 is 40.8. The minimum absolute atomic E-state index is 0. The van der Waals surface area contributed by atoms with Crippen molar-refractivity contribution in [1.82, 2.24) is 0 Å². The number of hydrogen-bond acceptors (Lipinski definition) is 4. The fourth-order valence-electron chi connectivity index (χ4n) is 1.06. The first kappa shape index (κ1) is 21.4. The van der Waals surface area contributed by atoms with E-state index in [9.17, 15) is 17.5 Å². The molecule has 0 aliphatic carbocycles. The summed E-state index contributed by atoms with van der Waals surface area (Å²) in [6, 6.07) is 16.5. The third kappa shape index (κ3) is 8.34. The van der Waals surface area contributed by atoms with Crippen LogP contribution in [0.5, 0.6) is 0 Å². The van der Waals surface area contributed by atoms with Crippen LogP contribution in [0.2, 0.25) is 0 Å². The van der Waals surface area contributed by atoms with Gasteiger partial charge in [-0.15, -0.1) is 0 Å². The Morgan fingerprint density at radius 3 is 1.05 bits per heavy atom. The maximum absolute atomic E-state index is 10.2. The van der Waals surface area contributed by atoms with E-state index in [1.807, 2.05) is 0 Å². The van der Waals surface area contributed by atoms with E-state index in [0.717, 1.165) is 0 Å². The summed E-state index contributed by atoms with van der Waals surface area (Å²) in [4.78, 5) is 0.662. The Labute approximate surface area is 132 Å². The summed E-state index contributed by atoms with van der Waals surface area (Å²) in [6.07, 6.45) is 0. The van der Waals surface area contributed by atoms with Crippen molar-refractivity contribution >= 4 is 22.2 Å². The maximum atomic E-state index is 10.2. The molecule has 2 aromatic carbocycles. The normalized spacial score (nSPS) is 11.7. The zero-order valence-electron chi connectivity index (χ0n) is 10.0. The molecule has 0 fully saturated rings. The molecule has 0 spiro atoms. The van der Waals surface area contributed by atoms with Gasteiger partial charge in [-0.1, -0.05) is 36.4 Å². The predicted molar refractivity (Wildman–Crippen MR) is 70.9 cm³/mol. The number of rotatable bonds is 2. The van der Waals surface area contributed by atoms with Crippen molar-refractivity contribution in [3.8, 4) is 0 Å². The molecule has 2 rings (SSSR count). The topological polar surface area (TPSA) is 112 Å². The van der Waals surface area contributed by atoms with E-state index >= 15 is 0 Å². The molecule has 1 radical (unpaired) electrons. The van der Waals surface area contributed by atoms with E-state index in [1.165, 1.54) is 0 Å². The Morgan fingerprint density at radius 2 is 0.900 bits per heavy atom. The zero-order valence-corrected chi connectivity index (χ0v) is 12.6. The van der Waals surface area contributed by atoms with Crippen molar-refractivity contribution in [3.05, 3.63) is 60.7 Å². The van der Waals surface area contributed by atoms with E-state index in [-0.39, 0.29) is 22.5 Å². The SMILES string of the molecule is O.O=S([O-])c1ccccc1.O=S([O-])c1ccccc1.[Cu]. The van der Waals surface area contributed by atoms with Crippen molar-refractivity contribution < 1.29 is 40.1 Å². The van der Waals surface area contributed by atoms with Crippen LogP contribution < -0.4 is 0 Å². The molecule has 0 heterocycles. The van der Waals surface area contributed by atoms with Gasteiger partial charge in [0.15, 0.2) is 0 Å². The summed E-state index contributed by atoms with van der Waals surface area (Å²) in [7, 11) is 0. The molecule has 2 unspecified atom stereocenters. The molecule has 115 valence electrons. The van der Waals surface area contributed by atoms with Crippen LogP contribution in [0, 0.1) is 0 Å². The van der Waals surface area contributed by atoms with Gasteiger partial charge in [-0.25, -0.2) is 0 Å². The van der Waals surface area contributed by atoms with Crippen LogP contribution in [0.25, 0.3) is 0 Å². The van der Waals surface area contributed by atoms with E-state index in [4.69, 9.17) is 0 Å². The van der Waals surface area contributed by atoms with Crippen molar-refractivity contribution in [2.24, 2.45) is 0 Å². The van der Waals surface area contributed by atoms with Gasteiger partial charge in [0, 0.05) is 26.9 Å². The molecule has 0 amide bonds. The van der Waals surface area contributed by atoms with Gasteiger partial charge < -0.3 is 14.6 Å². The van der Waals surface area contributed by atoms with Gasteiger partial charge in [-0.2, -0.15) is 0 Å². The first-order valence-corrected chi connectivity index (χ1v) is 7.05. The van der Waals surface area contributed by atoms with Crippen LogP contribution >= 0.6 is 0 Å². The Bertz CT molecular complexity index is 472. The summed E-state index contributed by atoms with van der Waals surface area (Å²) in [5, 5.41) is 0. The molecule has 5 nitrogen and oxygen atoms in total. The second-order valence-corrected chi connectivity index (χ2v) is 4.98. The average Bonchev–Trinajstić information content (AvgIpc) is 2.41. The molecule has 20 heavy (non-hydrogen) atoms. The third-order valence-corrected chi connectivity index (χ3v) is 3.19. The zero-order chi connectivity index (χ0) is 13.4. The molecule has 8 heteroatoms. The maximum Gasteiger partial charge on any atom is 0.0248 e. The second kappa shape index (κ2) is 11.9. The first-order chi connectivity index (χ1) is 8.61. The summed E-state index contributed by atoms with van der Waals surface area (Å²) in [5.74, 6) is 0. The molecule has 2 aromatic rings. The van der Waals surface area contributed by atoms with Crippen LogP contribution in [-0.4, -0.2) is 23.0 Å². The fraction of sp³-hybridized carbons (Fsp3) is 0. The van der Waals surface area contributed by atoms with E-state index < -0.39 is 22.2 Å². The average molecular weight is 364 g/mol. The molecule has 0 saturated heterocycles. The van der Waals surface area contributed by atoms with Gasteiger partial charge in [0.25, 0.3) is 0 Å². The monoisotopic (exact) mass is 363 g/mol. The Morgan fingerprint density at radius 1 is 0.650 bits per heavy atom. The van der Waals surface area contributed by atoms with Gasteiger partial charge in [-0.3, -0.25) is 8.42 Å². The van der Waals surface area contributed by atoms with Crippen LogP contribution in [0.3, 0.4) is 0 Å². The van der Waals surface area contributed by atoms with Gasteiger partial charge in [0.05, 0.1) is 0 Å². The van der Waals surface area contributed by atoms with Gasteiger partial charge in [0.1, 0.15) is 0 Å².